The number of benzene rings is 1. The number of nitrogens with zero attached hydrogens (tertiary/aromatic N) is 1. The molecule has 1 aromatic carbocycles. The van der Waals surface area contributed by atoms with Crippen molar-refractivity contribution in [1.82, 2.24) is 0 Å². The lowest BCUT2D eigenvalue weighted by Crippen LogP contribution is -2.48. The van der Waals surface area contributed by atoms with Crippen LogP contribution >= 0.6 is 0 Å². The van der Waals surface area contributed by atoms with Gasteiger partial charge in [0.25, 0.3) is 0 Å². The van der Waals surface area contributed by atoms with Crippen molar-refractivity contribution in [2.75, 3.05) is 11.4 Å². The summed E-state index contributed by atoms with van der Waals surface area (Å²) in [6.07, 6.45) is 1.81. The van der Waals surface area contributed by atoms with Crippen LogP contribution in [0.2, 0.25) is 0 Å². The van der Waals surface area contributed by atoms with Gasteiger partial charge in [-0.2, -0.15) is 0 Å². The molecule has 5 heteroatoms. The van der Waals surface area contributed by atoms with Gasteiger partial charge in [0.2, 0.25) is 5.91 Å². The van der Waals surface area contributed by atoms with Crippen LogP contribution in [0, 0.1) is 12.7 Å². The average Bonchev–Trinajstić information content (AvgIpc) is 2.41. The maximum atomic E-state index is 13.7. The third-order valence-electron chi connectivity index (χ3n) is 3.90. The molecule has 4 nitrogen and oxygen atoms in total. The van der Waals surface area contributed by atoms with Crippen molar-refractivity contribution < 1.29 is 14.3 Å². The van der Waals surface area contributed by atoms with Crippen LogP contribution in [-0.4, -0.2) is 23.6 Å². The number of aliphatic hydroxyl groups is 1. The maximum Gasteiger partial charge on any atom is 0.240 e. The Morgan fingerprint density at radius 1 is 1.50 bits per heavy atom. The van der Waals surface area contributed by atoms with Gasteiger partial charge in [0, 0.05) is 17.8 Å². The summed E-state index contributed by atoms with van der Waals surface area (Å²) in [6, 6.07) is 2.66. The predicted octanol–water partition coefficient (Wildman–Crippen LogP) is 2.03. The highest BCUT2D eigenvalue weighted by atomic mass is 19.1. The first kappa shape index (κ1) is 14.8. The molecule has 1 aromatic rings. The van der Waals surface area contributed by atoms with E-state index in [9.17, 15) is 14.3 Å². The Balaban J connectivity index is 2.48. The third-order valence-corrected chi connectivity index (χ3v) is 3.90. The molecule has 3 N–H and O–H groups in total. The molecule has 0 aromatic heterocycles. The van der Waals surface area contributed by atoms with Crippen LogP contribution in [0.5, 0.6) is 0 Å². The highest BCUT2D eigenvalue weighted by Gasteiger charge is 2.29. The van der Waals surface area contributed by atoms with Crippen LogP contribution in [0.4, 0.5) is 10.1 Å². The van der Waals surface area contributed by atoms with Gasteiger partial charge in [0.1, 0.15) is 11.9 Å². The van der Waals surface area contributed by atoms with Gasteiger partial charge in [-0.25, -0.2) is 4.39 Å². The van der Waals surface area contributed by atoms with Crippen molar-refractivity contribution in [3.8, 4) is 0 Å². The zero-order valence-corrected chi connectivity index (χ0v) is 11.9. The zero-order chi connectivity index (χ0) is 14.9. The molecule has 0 aliphatic carbocycles. The monoisotopic (exact) mass is 280 g/mol. The van der Waals surface area contributed by atoms with E-state index in [-0.39, 0.29) is 17.8 Å². The minimum atomic E-state index is -0.796. The first-order chi connectivity index (χ1) is 9.41. The Hall–Kier alpha value is -1.62. The molecule has 2 rings (SSSR count). The zero-order valence-electron chi connectivity index (χ0n) is 11.9. The molecular weight excluding hydrogens is 259 g/mol. The average molecular weight is 280 g/mol. The van der Waals surface area contributed by atoms with E-state index < -0.39 is 6.10 Å². The first-order valence-corrected chi connectivity index (χ1v) is 6.96. The second-order valence-corrected chi connectivity index (χ2v) is 5.44. The molecule has 1 fully saturated rings. The molecule has 20 heavy (non-hydrogen) atoms. The van der Waals surface area contributed by atoms with Crippen molar-refractivity contribution in [3.63, 3.8) is 0 Å². The SMILES string of the molecule is Cc1cc(N2CCCCC2C(N)=O)c(C(C)O)cc1F. The summed E-state index contributed by atoms with van der Waals surface area (Å²) in [4.78, 5) is 13.5. The van der Waals surface area contributed by atoms with E-state index in [4.69, 9.17) is 5.73 Å². The summed E-state index contributed by atoms with van der Waals surface area (Å²) in [5, 5.41) is 9.87. The van der Waals surface area contributed by atoms with Crippen LogP contribution in [0.25, 0.3) is 0 Å². The van der Waals surface area contributed by atoms with Crippen molar-refractivity contribution in [2.45, 2.75) is 45.3 Å². The van der Waals surface area contributed by atoms with E-state index in [1.54, 1.807) is 19.9 Å². The Morgan fingerprint density at radius 3 is 2.80 bits per heavy atom. The van der Waals surface area contributed by atoms with Gasteiger partial charge in [-0.15, -0.1) is 0 Å². The van der Waals surface area contributed by atoms with Gasteiger partial charge in [0.15, 0.2) is 0 Å². The second-order valence-electron chi connectivity index (χ2n) is 5.44. The number of primary amides is 1. The fourth-order valence-electron chi connectivity index (χ4n) is 2.78. The van der Waals surface area contributed by atoms with Crippen LogP contribution in [0.1, 0.15) is 43.4 Å². The summed E-state index contributed by atoms with van der Waals surface area (Å²) in [5.41, 5.74) is 7.18. The minimum Gasteiger partial charge on any atom is -0.389 e. The van der Waals surface area contributed by atoms with Gasteiger partial charge in [0.05, 0.1) is 6.10 Å². The standard InChI is InChI=1S/C15H21FN2O2/c1-9-7-14(11(10(2)19)8-12(9)16)18-6-4-3-5-13(18)15(17)20/h7-8,10,13,19H,3-6H2,1-2H3,(H2,17,20). The largest absolute Gasteiger partial charge is 0.389 e. The fourth-order valence-corrected chi connectivity index (χ4v) is 2.78. The number of anilines is 1. The van der Waals surface area contributed by atoms with E-state index in [0.717, 1.165) is 12.8 Å². The van der Waals surface area contributed by atoms with Gasteiger partial charge >= 0.3 is 0 Å². The number of hydrogen-bond acceptors (Lipinski definition) is 3. The van der Waals surface area contributed by atoms with Crippen molar-refractivity contribution in [1.29, 1.82) is 0 Å². The molecule has 2 unspecified atom stereocenters. The van der Waals surface area contributed by atoms with Gasteiger partial charge in [-0.3, -0.25) is 4.79 Å². The molecule has 1 saturated heterocycles. The topological polar surface area (TPSA) is 66.6 Å². The molecule has 1 aliphatic heterocycles. The smallest absolute Gasteiger partial charge is 0.240 e. The molecule has 0 bridgehead atoms. The Kier molecular flexibility index (Phi) is 4.28. The molecular formula is C15H21FN2O2. The van der Waals surface area contributed by atoms with E-state index in [0.29, 0.717) is 29.8 Å². The maximum absolute atomic E-state index is 13.7. The molecule has 1 heterocycles. The first-order valence-electron chi connectivity index (χ1n) is 6.96. The lowest BCUT2D eigenvalue weighted by Gasteiger charge is -2.37. The van der Waals surface area contributed by atoms with Crippen LogP contribution in [-0.2, 0) is 4.79 Å². The number of nitrogens with two attached hydrogens (primary N) is 1. The summed E-state index contributed by atoms with van der Waals surface area (Å²) in [7, 11) is 0. The second kappa shape index (κ2) is 5.79. The van der Waals surface area contributed by atoms with Crippen LogP contribution in [0.3, 0.4) is 0 Å². The molecule has 0 spiro atoms. The minimum absolute atomic E-state index is 0.350. The number of aryl methyl sites for hydroxylation is 1. The normalized spacial score (nSPS) is 20.8. The van der Waals surface area contributed by atoms with Gasteiger partial charge < -0.3 is 15.7 Å². The highest BCUT2D eigenvalue weighted by molar-refractivity contribution is 5.84. The summed E-state index contributed by atoms with van der Waals surface area (Å²) < 4.78 is 13.7. The highest BCUT2D eigenvalue weighted by Crippen LogP contribution is 2.33. The van der Waals surface area contributed by atoms with E-state index in [1.807, 2.05) is 4.90 Å². The molecule has 2 atom stereocenters. The number of carbonyl (C=O) groups is 1. The van der Waals surface area contributed by atoms with Crippen LogP contribution in [0.15, 0.2) is 12.1 Å². The summed E-state index contributed by atoms with van der Waals surface area (Å²) in [5.74, 6) is -0.722. The number of rotatable bonds is 3. The number of amides is 1. The Bertz CT molecular complexity index is 517. The number of aliphatic hydroxyl groups excluding tert-OH is 1. The number of hydrogen-bond donors (Lipinski definition) is 2. The van der Waals surface area contributed by atoms with E-state index >= 15 is 0 Å². The van der Waals surface area contributed by atoms with Gasteiger partial charge in [-0.1, -0.05) is 0 Å². The van der Waals surface area contributed by atoms with Crippen LogP contribution < -0.4 is 10.6 Å². The van der Waals surface area contributed by atoms with E-state index in [1.165, 1.54) is 6.07 Å². The third kappa shape index (κ3) is 2.77. The molecule has 1 amide bonds. The molecule has 0 radical (unpaired) electrons. The number of piperidine rings is 1. The number of carbonyl (C=O) groups excluding carboxylic acids is 1. The fraction of sp³-hybridized carbons (Fsp3) is 0.533. The van der Waals surface area contributed by atoms with Crippen molar-refractivity contribution >= 4 is 11.6 Å². The van der Waals surface area contributed by atoms with E-state index in [2.05, 4.69) is 0 Å². The Morgan fingerprint density at radius 2 is 2.20 bits per heavy atom. The quantitative estimate of drug-likeness (QED) is 0.890. The molecule has 1 aliphatic rings. The Labute approximate surface area is 118 Å². The van der Waals surface area contributed by atoms with Crippen molar-refractivity contribution in [2.24, 2.45) is 5.73 Å². The summed E-state index contributed by atoms with van der Waals surface area (Å²) in [6.45, 7) is 3.96. The number of halogens is 1. The lowest BCUT2D eigenvalue weighted by atomic mass is 9.97. The molecule has 110 valence electrons. The lowest BCUT2D eigenvalue weighted by molar-refractivity contribution is -0.119. The van der Waals surface area contributed by atoms with Crippen molar-refractivity contribution in [3.05, 3.63) is 29.1 Å². The van der Waals surface area contributed by atoms with Gasteiger partial charge in [-0.05, 0) is 50.8 Å². The predicted molar refractivity (Wildman–Crippen MR) is 76.0 cm³/mol. The molecule has 0 saturated carbocycles. The summed E-state index contributed by atoms with van der Waals surface area (Å²) >= 11 is 0.